The standard InChI is InChI=1S/C16H17BrFNS/c1-2-19-16(12-3-7-14(18)8-4-12)11-20-15-9-5-13(17)6-10-15/h3-10,16,19H,2,11H2,1H3. The Kier molecular flexibility index (Phi) is 6.07. The van der Waals surface area contributed by atoms with Gasteiger partial charge in [0.25, 0.3) is 0 Å². The van der Waals surface area contributed by atoms with Crippen LogP contribution in [-0.4, -0.2) is 12.3 Å². The quantitative estimate of drug-likeness (QED) is 0.730. The van der Waals surface area contributed by atoms with Gasteiger partial charge in [-0.2, -0.15) is 0 Å². The highest BCUT2D eigenvalue weighted by atomic mass is 79.9. The molecule has 0 fully saturated rings. The van der Waals surface area contributed by atoms with Gasteiger partial charge in [0, 0.05) is 21.2 Å². The normalized spacial score (nSPS) is 12.3. The van der Waals surface area contributed by atoms with Crippen LogP contribution in [0.15, 0.2) is 57.9 Å². The molecule has 0 heterocycles. The fourth-order valence-corrected chi connectivity index (χ4v) is 3.19. The van der Waals surface area contributed by atoms with E-state index in [0.29, 0.717) is 0 Å². The summed E-state index contributed by atoms with van der Waals surface area (Å²) in [6.45, 7) is 2.98. The molecule has 0 spiro atoms. The molecule has 4 heteroatoms. The largest absolute Gasteiger partial charge is 0.309 e. The van der Waals surface area contributed by atoms with Crippen molar-refractivity contribution in [3.05, 3.63) is 64.4 Å². The van der Waals surface area contributed by atoms with Crippen LogP contribution in [0.3, 0.4) is 0 Å². The van der Waals surface area contributed by atoms with Crippen LogP contribution in [0, 0.1) is 5.82 Å². The Morgan fingerprint density at radius 1 is 1.10 bits per heavy atom. The van der Waals surface area contributed by atoms with Crippen LogP contribution in [-0.2, 0) is 0 Å². The maximum atomic E-state index is 13.0. The fraction of sp³-hybridized carbons (Fsp3) is 0.250. The molecule has 0 radical (unpaired) electrons. The molecule has 1 N–H and O–H groups in total. The summed E-state index contributed by atoms with van der Waals surface area (Å²) in [7, 11) is 0. The van der Waals surface area contributed by atoms with Crippen molar-refractivity contribution in [3.8, 4) is 0 Å². The number of hydrogen-bond donors (Lipinski definition) is 1. The summed E-state index contributed by atoms with van der Waals surface area (Å²) in [5.41, 5.74) is 1.12. The molecule has 0 saturated carbocycles. The van der Waals surface area contributed by atoms with E-state index >= 15 is 0 Å². The van der Waals surface area contributed by atoms with E-state index in [2.05, 4.69) is 40.3 Å². The Balaban J connectivity index is 2.02. The van der Waals surface area contributed by atoms with Gasteiger partial charge in [0.1, 0.15) is 5.82 Å². The molecule has 0 aliphatic heterocycles. The maximum Gasteiger partial charge on any atom is 0.123 e. The maximum absolute atomic E-state index is 13.0. The lowest BCUT2D eigenvalue weighted by Crippen LogP contribution is -2.22. The highest BCUT2D eigenvalue weighted by molar-refractivity contribution is 9.10. The van der Waals surface area contributed by atoms with Gasteiger partial charge in [0.15, 0.2) is 0 Å². The van der Waals surface area contributed by atoms with Gasteiger partial charge in [-0.3, -0.25) is 0 Å². The summed E-state index contributed by atoms with van der Waals surface area (Å²) in [6.07, 6.45) is 0. The second-order valence-corrected chi connectivity index (χ2v) is 6.44. The van der Waals surface area contributed by atoms with Gasteiger partial charge < -0.3 is 5.32 Å². The molecule has 0 saturated heterocycles. The van der Waals surface area contributed by atoms with Gasteiger partial charge in [-0.05, 0) is 48.5 Å². The lowest BCUT2D eigenvalue weighted by atomic mass is 10.1. The van der Waals surface area contributed by atoms with Crippen molar-refractivity contribution in [2.75, 3.05) is 12.3 Å². The Morgan fingerprint density at radius 2 is 1.75 bits per heavy atom. The molecular weight excluding hydrogens is 337 g/mol. The van der Waals surface area contributed by atoms with Crippen molar-refractivity contribution in [2.45, 2.75) is 17.9 Å². The third kappa shape index (κ3) is 4.62. The zero-order chi connectivity index (χ0) is 14.4. The van der Waals surface area contributed by atoms with E-state index < -0.39 is 0 Å². The van der Waals surface area contributed by atoms with Gasteiger partial charge in [-0.15, -0.1) is 11.8 Å². The van der Waals surface area contributed by atoms with E-state index in [4.69, 9.17) is 0 Å². The van der Waals surface area contributed by atoms with E-state index in [9.17, 15) is 4.39 Å². The van der Waals surface area contributed by atoms with E-state index in [0.717, 1.165) is 22.3 Å². The molecule has 1 atom stereocenters. The van der Waals surface area contributed by atoms with E-state index in [-0.39, 0.29) is 11.9 Å². The zero-order valence-corrected chi connectivity index (χ0v) is 13.7. The fourth-order valence-electron chi connectivity index (χ4n) is 1.92. The second-order valence-electron chi connectivity index (χ2n) is 4.43. The van der Waals surface area contributed by atoms with Crippen LogP contribution in [0.2, 0.25) is 0 Å². The highest BCUT2D eigenvalue weighted by Gasteiger charge is 2.10. The van der Waals surface area contributed by atoms with E-state index in [1.54, 1.807) is 11.8 Å². The molecule has 0 amide bonds. The van der Waals surface area contributed by atoms with Crippen molar-refractivity contribution in [2.24, 2.45) is 0 Å². The van der Waals surface area contributed by atoms with Crippen molar-refractivity contribution in [1.29, 1.82) is 0 Å². The smallest absolute Gasteiger partial charge is 0.123 e. The molecule has 2 aromatic carbocycles. The van der Waals surface area contributed by atoms with Crippen LogP contribution in [0.25, 0.3) is 0 Å². The third-order valence-electron chi connectivity index (χ3n) is 2.95. The van der Waals surface area contributed by atoms with Gasteiger partial charge in [0.05, 0.1) is 0 Å². The first-order chi connectivity index (χ1) is 9.69. The molecular formula is C16H17BrFNS. The first kappa shape index (κ1) is 15.5. The lowest BCUT2D eigenvalue weighted by Gasteiger charge is -2.18. The average Bonchev–Trinajstić information content (AvgIpc) is 2.46. The van der Waals surface area contributed by atoms with Crippen LogP contribution in [0.5, 0.6) is 0 Å². The molecule has 2 aromatic rings. The molecule has 106 valence electrons. The summed E-state index contributed by atoms with van der Waals surface area (Å²) in [5, 5.41) is 3.45. The molecule has 0 bridgehead atoms. The molecule has 20 heavy (non-hydrogen) atoms. The Hall–Kier alpha value is -0.840. The summed E-state index contributed by atoms with van der Waals surface area (Å²) in [6, 6.07) is 15.3. The molecule has 2 rings (SSSR count). The van der Waals surface area contributed by atoms with Crippen LogP contribution < -0.4 is 5.32 Å². The monoisotopic (exact) mass is 353 g/mol. The van der Waals surface area contributed by atoms with Crippen molar-refractivity contribution < 1.29 is 4.39 Å². The predicted octanol–water partition coefficient (Wildman–Crippen LogP) is 5.03. The first-order valence-corrected chi connectivity index (χ1v) is 8.34. The SMILES string of the molecule is CCNC(CSc1ccc(Br)cc1)c1ccc(F)cc1. The minimum Gasteiger partial charge on any atom is -0.309 e. The lowest BCUT2D eigenvalue weighted by molar-refractivity contribution is 0.598. The van der Waals surface area contributed by atoms with E-state index in [1.807, 2.05) is 24.3 Å². The number of benzene rings is 2. The topological polar surface area (TPSA) is 12.0 Å². The minimum atomic E-state index is -0.190. The highest BCUT2D eigenvalue weighted by Crippen LogP contribution is 2.26. The second kappa shape index (κ2) is 7.81. The van der Waals surface area contributed by atoms with Gasteiger partial charge >= 0.3 is 0 Å². The number of nitrogens with one attached hydrogen (secondary N) is 1. The first-order valence-electron chi connectivity index (χ1n) is 6.56. The molecule has 0 aliphatic carbocycles. The Morgan fingerprint density at radius 3 is 2.35 bits per heavy atom. The number of halogens is 2. The number of thioether (sulfide) groups is 1. The number of hydrogen-bond acceptors (Lipinski definition) is 2. The minimum absolute atomic E-state index is 0.190. The molecule has 0 aromatic heterocycles. The predicted molar refractivity (Wildman–Crippen MR) is 87.7 cm³/mol. The summed E-state index contributed by atoms with van der Waals surface area (Å²) < 4.78 is 14.1. The molecule has 0 aliphatic rings. The Labute approximate surface area is 132 Å². The molecule has 1 nitrogen and oxygen atoms in total. The summed E-state index contributed by atoms with van der Waals surface area (Å²) >= 11 is 5.24. The van der Waals surface area contributed by atoms with Crippen LogP contribution in [0.4, 0.5) is 4.39 Å². The summed E-state index contributed by atoms with van der Waals surface area (Å²) in [5.74, 6) is 0.728. The van der Waals surface area contributed by atoms with Crippen molar-refractivity contribution >= 4 is 27.7 Å². The van der Waals surface area contributed by atoms with Gasteiger partial charge in [-0.1, -0.05) is 35.0 Å². The van der Waals surface area contributed by atoms with Crippen molar-refractivity contribution in [3.63, 3.8) is 0 Å². The van der Waals surface area contributed by atoms with Gasteiger partial charge in [0.2, 0.25) is 0 Å². The van der Waals surface area contributed by atoms with Crippen molar-refractivity contribution in [1.82, 2.24) is 5.32 Å². The third-order valence-corrected chi connectivity index (χ3v) is 4.59. The Bertz CT molecular complexity index is 527. The van der Waals surface area contributed by atoms with Crippen LogP contribution in [0.1, 0.15) is 18.5 Å². The average molecular weight is 354 g/mol. The summed E-state index contributed by atoms with van der Waals surface area (Å²) in [4.78, 5) is 1.23. The van der Waals surface area contributed by atoms with E-state index in [1.165, 1.54) is 17.0 Å². The zero-order valence-electron chi connectivity index (χ0n) is 11.3. The van der Waals surface area contributed by atoms with Crippen LogP contribution >= 0.6 is 27.7 Å². The van der Waals surface area contributed by atoms with Gasteiger partial charge in [-0.25, -0.2) is 4.39 Å². The number of rotatable bonds is 6. The molecule has 1 unspecified atom stereocenters.